The zero-order chi connectivity index (χ0) is 16.8. The summed E-state index contributed by atoms with van der Waals surface area (Å²) < 4.78 is 5.23. The van der Waals surface area contributed by atoms with Crippen LogP contribution in [0.5, 0.6) is 0 Å². The molecule has 1 aliphatic heterocycles. The van der Waals surface area contributed by atoms with Crippen molar-refractivity contribution in [2.45, 2.75) is 19.0 Å². The summed E-state index contributed by atoms with van der Waals surface area (Å²) in [6.45, 7) is 2.53. The monoisotopic (exact) mass is 325 g/mol. The molecule has 1 aliphatic rings. The second-order valence-electron chi connectivity index (χ2n) is 6.06. The highest BCUT2D eigenvalue weighted by atomic mass is 16.5. The van der Waals surface area contributed by atoms with Crippen molar-refractivity contribution in [2.75, 3.05) is 26.8 Å². The molecule has 0 radical (unpaired) electrons. The minimum atomic E-state index is -0.222. The van der Waals surface area contributed by atoms with Gasteiger partial charge in [-0.2, -0.15) is 0 Å². The van der Waals surface area contributed by atoms with Gasteiger partial charge in [-0.1, -0.05) is 30.3 Å². The van der Waals surface area contributed by atoms with Crippen LogP contribution in [0.4, 0.5) is 0 Å². The first-order valence-electron chi connectivity index (χ1n) is 8.24. The molecule has 24 heavy (non-hydrogen) atoms. The summed E-state index contributed by atoms with van der Waals surface area (Å²) in [5.74, 6) is 0.00193. The minimum absolute atomic E-state index is 0.00193. The first-order valence-corrected chi connectivity index (χ1v) is 8.24. The van der Waals surface area contributed by atoms with Gasteiger partial charge in [-0.25, -0.2) is 0 Å². The minimum Gasteiger partial charge on any atom is -0.382 e. The van der Waals surface area contributed by atoms with Crippen LogP contribution in [0.25, 0.3) is 0 Å². The Morgan fingerprint density at radius 3 is 2.79 bits per heavy atom. The lowest BCUT2D eigenvalue weighted by atomic mass is 10.00. The molecule has 1 aromatic carbocycles. The Morgan fingerprint density at radius 1 is 1.25 bits per heavy atom. The van der Waals surface area contributed by atoms with Gasteiger partial charge in [0.25, 0.3) is 0 Å². The summed E-state index contributed by atoms with van der Waals surface area (Å²) in [4.78, 5) is 18.9. The Bertz CT molecular complexity index is 675. The Kier molecular flexibility index (Phi) is 5.56. The molecule has 0 fully saturated rings. The topological polar surface area (TPSA) is 54.5 Å². The number of fused-ring (bicyclic) bond motifs is 1. The highest BCUT2D eigenvalue weighted by Crippen LogP contribution is 2.18. The number of carbonyl (C=O) groups is 1. The number of nitrogens with one attached hydrogen (secondary N) is 1. The molecule has 0 saturated carbocycles. The number of nitrogens with zero attached hydrogens (tertiary/aromatic N) is 2. The molecule has 3 rings (SSSR count). The van der Waals surface area contributed by atoms with Gasteiger partial charge >= 0.3 is 0 Å². The molecular weight excluding hydrogens is 302 g/mol. The van der Waals surface area contributed by atoms with Crippen molar-refractivity contribution in [1.29, 1.82) is 0 Å². The highest BCUT2D eigenvalue weighted by molar-refractivity contribution is 5.78. The number of methoxy groups -OCH3 is 1. The first-order chi connectivity index (χ1) is 11.8. The summed E-state index contributed by atoms with van der Waals surface area (Å²) in [7, 11) is 1.63. The van der Waals surface area contributed by atoms with Crippen LogP contribution in [0.15, 0.2) is 48.7 Å². The van der Waals surface area contributed by atoms with Crippen LogP contribution in [0.1, 0.15) is 22.9 Å². The van der Waals surface area contributed by atoms with Crippen LogP contribution in [0.3, 0.4) is 0 Å². The third kappa shape index (κ3) is 4.19. The summed E-state index contributed by atoms with van der Waals surface area (Å²) in [6.07, 6.45) is 2.72. The molecule has 0 unspecified atom stereocenters. The molecule has 0 spiro atoms. The quantitative estimate of drug-likeness (QED) is 0.882. The van der Waals surface area contributed by atoms with Crippen LogP contribution < -0.4 is 5.32 Å². The first kappa shape index (κ1) is 16.6. The number of benzene rings is 1. The van der Waals surface area contributed by atoms with E-state index in [1.165, 1.54) is 11.1 Å². The van der Waals surface area contributed by atoms with Gasteiger partial charge in [0.2, 0.25) is 5.91 Å². The molecular formula is C19H23N3O2. The number of pyridine rings is 1. The van der Waals surface area contributed by atoms with Gasteiger partial charge in [0.05, 0.1) is 24.9 Å². The number of amides is 1. The van der Waals surface area contributed by atoms with E-state index in [0.29, 0.717) is 13.2 Å². The summed E-state index contributed by atoms with van der Waals surface area (Å²) in [5.41, 5.74) is 3.52. The van der Waals surface area contributed by atoms with Crippen molar-refractivity contribution >= 4 is 5.91 Å². The van der Waals surface area contributed by atoms with Crippen molar-refractivity contribution in [3.8, 4) is 0 Å². The maximum atomic E-state index is 12.4. The predicted molar refractivity (Wildman–Crippen MR) is 92.4 cm³/mol. The van der Waals surface area contributed by atoms with E-state index in [2.05, 4.69) is 39.5 Å². The second kappa shape index (κ2) is 8.04. The van der Waals surface area contributed by atoms with Gasteiger partial charge in [-0.3, -0.25) is 14.7 Å². The van der Waals surface area contributed by atoms with E-state index in [4.69, 9.17) is 4.74 Å². The molecule has 0 aliphatic carbocycles. The lowest BCUT2D eigenvalue weighted by Gasteiger charge is -2.28. The SMILES string of the molecule is COC[C@H](NC(=O)CN1CCc2ccccc2C1)c1ccccn1. The fraction of sp³-hybridized carbons (Fsp3) is 0.368. The Hall–Kier alpha value is -2.24. The maximum absolute atomic E-state index is 12.4. The molecule has 1 aromatic heterocycles. The van der Waals surface area contributed by atoms with Gasteiger partial charge in [-0.15, -0.1) is 0 Å². The van der Waals surface area contributed by atoms with Gasteiger partial charge in [-0.05, 0) is 29.7 Å². The number of carbonyl (C=O) groups excluding carboxylic acids is 1. The van der Waals surface area contributed by atoms with Gasteiger partial charge in [0, 0.05) is 26.4 Å². The zero-order valence-corrected chi connectivity index (χ0v) is 13.9. The van der Waals surface area contributed by atoms with Gasteiger partial charge < -0.3 is 10.1 Å². The standard InChI is InChI=1S/C19H23N3O2/c1-24-14-18(17-8-4-5-10-20-17)21-19(23)13-22-11-9-15-6-2-3-7-16(15)12-22/h2-8,10,18H,9,11-14H2,1H3,(H,21,23)/t18-/m0/s1. The van der Waals surface area contributed by atoms with Crippen LogP contribution in [0.2, 0.25) is 0 Å². The van der Waals surface area contributed by atoms with E-state index in [0.717, 1.165) is 25.2 Å². The average Bonchev–Trinajstić information content (AvgIpc) is 2.62. The lowest BCUT2D eigenvalue weighted by molar-refractivity contribution is -0.123. The molecule has 1 amide bonds. The van der Waals surface area contributed by atoms with Crippen molar-refractivity contribution in [2.24, 2.45) is 0 Å². The third-order valence-corrected chi connectivity index (χ3v) is 4.29. The molecule has 0 saturated heterocycles. The van der Waals surface area contributed by atoms with E-state index in [1.807, 2.05) is 18.2 Å². The van der Waals surface area contributed by atoms with Crippen molar-refractivity contribution < 1.29 is 9.53 Å². The van der Waals surface area contributed by atoms with Crippen molar-refractivity contribution in [3.63, 3.8) is 0 Å². The Balaban J connectivity index is 1.58. The third-order valence-electron chi connectivity index (χ3n) is 4.29. The maximum Gasteiger partial charge on any atom is 0.234 e. The summed E-state index contributed by atoms with van der Waals surface area (Å²) in [6, 6.07) is 13.9. The molecule has 126 valence electrons. The fourth-order valence-electron chi connectivity index (χ4n) is 3.08. The summed E-state index contributed by atoms with van der Waals surface area (Å²) in [5, 5.41) is 3.04. The highest BCUT2D eigenvalue weighted by Gasteiger charge is 2.20. The van der Waals surface area contributed by atoms with Crippen LogP contribution in [0, 0.1) is 0 Å². The number of hydrogen-bond acceptors (Lipinski definition) is 4. The Morgan fingerprint density at radius 2 is 2.04 bits per heavy atom. The van der Waals surface area contributed by atoms with E-state index in [1.54, 1.807) is 13.3 Å². The number of rotatable bonds is 6. The van der Waals surface area contributed by atoms with E-state index in [-0.39, 0.29) is 11.9 Å². The molecule has 1 atom stereocenters. The van der Waals surface area contributed by atoms with Gasteiger partial charge in [0.15, 0.2) is 0 Å². The predicted octanol–water partition coefficient (Wildman–Crippen LogP) is 1.94. The van der Waals surface area contributed by atoms with Crippen LogP contribution in [-0.4, -0.2) is 42.6 Å². The molecule has 0 bridgehead atoms. The number of ether oxygens (including phenoxy) is 1. The fourth-order valence-corrected chi connectivity index (χ4v) is 3.08. The summed E-state index contributed by atoms with van der Waals surface area (Å²) >= 11 is 0. The molecule has 5 heteroatoms. The molecule has 5 nitrogen and oxygen atoms in total. The number of aromatic nitrogens is 1. The molecule has 2 aromatic rings. The second-order valence-corrected chi connectivity index (χ2v) is 6.06. The van der Waals surface area contributed by atoms with Crippen LogP contribution in [-0.2, 0) is 22.5 Å². The average molecular weight is 325 g/mol. The van der Waals surface area contributed by atoms with Crippen molar-refractivity contribution in [1.82, 2.24) is 15.2 Å². The lowest BCUT2D eigenvalue weighted by Crippen LogP contribution is -2.42. The Labute approximate surface area is 142 Å². The van der Waals surface area contributed by atoms with Crippen LogP contribution >= 0.6 is 0 Å². The largest absolute Gasteiger partial charge is 0.382 e. The van der Waals surface area contributed by atoms with E-state index < -0.39 is 0 Å². The van der Waals surface area contributed by atoms with Crippen molar-refractivity contribution in [3.05, 3.63) is 65.5 Å². The molecule has 1 N–H and O–H groups in total. The smallest absolute Gasteiger partial charge is 0.234 e. The van der Waals surface area contributed by atoms with Gasteiger partial charge in [0.1, 0.15) is 0 Å². The zero-order valence-electron chi connectivity index (χ0n) is 13.9. The number of hydrogen-bond donors (Lipinski definition) is 1. The van der Waals surface area contributed by atoms with E-state index in [9.17, 15) is 4.79 Å². The molecule has 2 heterocycles. The normalized spacial score (nSPS) is 15.5. The van der Waals surface area contributed by atoms with E-state index >= 15 is 0 Å².